The summed E-state index contributed by atoms with van der Waals surface area (Å²) in [7, 11) is -0.948. The summed E-state index contributed by atoms with van der Waals surface area (Å²) in [4.78, 5) is 36.0. The van der Waals surface area contributed by atoms with Gasteiger partial charge in [-0.3, -0.25) is 10.1 Å². The van der Waals surface area contributed by atoms with Gasteiger partial charge in [0.25, 0.3) is 5.91 Å². The van der Waals surface area contributed by atoms with E-state index in [1.54, 1.807) is 6.92 Å². The average Bonchev–Trinajstić information content (AvgIpc) is 2.66. The van der Waals surface area contributed by atoms with Gasteiger partial charge in [-0.2, -0.15) is 0 Å². The third kappa shape index (κ3) is 6.26. The molecule has 160 valence electrons. The van der Waals surface area contributed by atoms with Crippen molar-refractivity contribution in [2.75, 3.05) is 20.7 Å². The molecule has 0 aromatic heterocycles. The minimum absolute atomic E-state index is 0.0346. The second-order valence-electron chi connectivity index (χ2n) is 7.20. The highest BCUT2D eigenvalue weighted by Crippen LogP contribution is 2.19. The lowest BCUT2D eigenvalue weighted by molar-refractivity contribution is -0.123. The number of ether oxygens (including phenoxy) is 1. The number of nitrogens with zero attached hydrogens (tertiary/aromatic N) is 1. The summed E-state index contributed by atoms with van der Waals surface area (Å²) < 4.78 is 30.5. The zero-order valence-electron chi connectivity index (χ0n) is 16.9. The van der Waals surface area contributed by atoms with E-state index in [0.717, 1.165) is 36.4 Å². The van der Waals surface area contributed by atoms with E-state index in [2.05, 4.69) is 10.6 Å². The monoisotopic (exact) mass is 425 g/mol. The van der Waals surface area contributed by atoms with E-state index in [-0.39, 0.29) is 16.5 Å². The van der Waals surface area contributed by atoms with Crippen molar-refractivity contribution < 1.29 is 27.5 Å². The Morgan fingerprint density at radius 2 is 1.79 bits per heavy atom. The fraction of sp³-hybridized carbons (Fsp3) is 0.526. The Balaban J connectivity index is 1.93. The highest BCUT2D eigenvalue weighted by atomic mass is 32.2. The van der Waals surface area contributed by atoms with E-state index in [0.29, 0.717) is 5.56 Å². The molecular weight excluding hydrogens is 398 g/mol. The summed E-state index contributed by atoms with van der Waals surface area (Å²) in [6.45, 7) is 0.974. The van der Waals surface area contributed by atoms with Gasteiger partial charge in [-0.05, 0) is 37.5 Å². The number of aryl methyl sites for hydroxylation is 1. The molecule has 29 heavy (non-hydrogen) atoms. The molecule has 1 fully saturated rings. The first kappa shape index (κ1) is 22.8. The van der Waals surface area contributed by atoms with Crippen LogP contribution in [0.15, 0.2) is 23.1 Å². The predicted octanol–water partition coefficient (Wildman–Crippen LogP) is 1.56. The van der Waals surface area contributed by atoms with Gasteiger partial charge in [0.2, 0.25) is 10.0 Å². The number of benzene rings is 1. The Morgan fingerprint density at radius 3 is 2.41 bits per heavy atom. The van der Waals surface area contributed by atoms with E-state index in [9.17, 15) is 22.8 Å². The van der Waals surface area contributed by atoms with Crippen molar-refractivity contribution in [1.82, 2.24) is 14.9 Å². The fourth-order valence-corrected chi connectivity index (χ4v) is 3.96. The Morgan fingerprint density at radius 1 is 1.14 bits per heavy atom. The largest absolute Gasteiger partial charge is 0.452 e. The van der Waals surface area contributed by atoms with E-state index >= 15 is 0 Å². The van der Waals surface area contributed by atoms with Crippen LogP contribution in [0.5, 0.6) is 0 Å². The van der Waals surface area contributed by atoms with Gasteiger partial charge in [0.15, 0.2) is 6.61 Å². The van der Waals surface area contributed by atoms with Gasteiger partial charge in [0.1, 0.15) is 0 Å². The summed E-state index contributed by atoms with van der Waals surface area (Å²) in [6, 6.07) is 3.52. The van der Waals surface area contributed by atoms with Crippen LogP contribution >= 0.6 is 0 Å². The number of hydrogen-bond donors (Lipinski definition) is 2. The highest BCUT2D eigenvalue weighted by Gasteiger charge is 2.22. The maximum Gasteiger partial charge on any atom is 0.338 e. The van der Waals surface area contributed by atoms with Crippen LogP contribution in [0, 0.1) is 6.92 Å². The molecule has 0 radical (unpaired) electrons. The van der Waals surface area contributed by atoms with Crippen molar-refractivity contribution in [2.24, 2.45) is 0 Å². The van der Waals surface area contributed by atoms with Crippen LogP contribution in [0.2, 0.25) is 0 Å². The summed E-state index contributed by atoms with van der Waals surface area (Å²) in [5.41, 5.74) is 0.538. The molecule has 0 saturated heterocycles. The molecule has 10 heteroatoms. The number of sulfonamides is 1. The maximum absolute atomic E-state index is 12.3. The Labute approximate surface area is 170 Å². The number of carbonyl (C=O) groups is 3. The van der Waals surface area contributed by atoms with Gasteiger partial charge < -0.3 is 10.1 Å². The predicted molar refractivity (Wildman–Crippen MR) is 106 cm³/mol. The molecule has 2 rings (SSSR count). The number of urea groups is 1. The summed E-state index contributed by atoms with van der Waals surface area (Å²) in [6.07, 6.45) is 4.98. The van der Waals surface area contributed by atoms with Crippen molar-refractivity contribution in [2.45, 2.75) is 50.0 Å². The van der Waals surface area contributed by atoms with E-state index in [1.165, 1.54) is 32.3 Å². The second-order valence-corrected chi connectivity index (χ2v) is 9.35. The number of nitrogens with one attached hydrogen (secondary N) is 2. The number of hydrogen-bond acceptors (Lipinski definition) is 6. The zero-order valence-corrected chi connectivity index (χ0v) is 17.7. The van der Waals surface area contributed by atoms with Crippen molar-refractivity contribution in [3.05, 3.63) is 29.3 Å². The molecule has 3 amide bonds. The minimum Gasteiger partial charge on any atom is -0.452 e. The van der Waals surface area contributed by atoms with Gasteiger partial charge in [0, 0.05) is 20.1 Å². The quantitative estimate of drug-likeness (QED) is 0.667. The molecule has 0 aliphatic heterocycles. The van der Waals surface area contributed by atoms with Gasteiger partial charge in [-0.15, -0.1) is 0 Å². The lowest BCUT2D eigenvalue weighted by atomic mass is 9.96. The van der Waals surface area contributed by atoms with Crippen LogP contribution in [0.25, 0.3) is 0 Å². The number of carbonyl (C=O) groups excluding carboxylic acids is 3. The first-order chi connectivity index (χ1) is 13.6. The Bertz CT molecular complexity index is 876. The molecule has 1 aromatic carbocycles. The number of rotatable bonds is 6. The van der Waals surface area contributed by atoms with Crippen LogP contribution in [0.1, 0.15) is 48.0 Å². The molecule has 2 N–H and O–H groups in total. The SMILES string of the molecule is Cc1ccc(S(=O)(=O)N(C)C)cc1C(=O)OCC(=O)NC(=O)NC1CCCCC1. The lowest BCUT2D eigenvalue weighted by Crippen LogP contribution is -2.46. The normalized spacial score (nSPS) is 15.0. The van der Waals surface area contributed by atoms with Crippen LogP contribution in [-0.4, -0.2) is 57.4 Å². The van der Waals surface area contributed by atoms with Crippen LogP contribution < -0.4 is 10.6 Å². The van der Waals surface area contributed by atoms with Crippen molar-refractivity contribution in [3.8, 4) is 0 Å². The number of amides is 3. The maximum atomic E-state index is 12.3. The Hall–Kier alpha value is -2.46. The van der Waals surface area contributed by atoms with Crippen LogP contribution in [0.3, 0.4) is 0 Å². The third-order valence-corrected chi connectivity index (χ3v) is 6.55. The molecule has 9 nitrogen and oxygen atoms in total. The number of imide groups is 1. The molecule has 1 saturated carbocycles. The molecule has 0 bridgehead atoms. The second kappa shape index (κ2) is 9.84. The van der Waals surface area contributed by atoms with Gasteiger partial charge >= 0.3 is 12.0 Å². The summed E-state index contributed by atoms with van der Waals surface area (Å²) in [5.74, 6) is -1.61. The molecule has 1 aromatic rings. The molecule has 1 aliphatic carbocycles. The van der Waals surface area contributed by atoms with Crippen molar-refractivity contribution in [3.63, 3.8) is 0 Å². The molecule has 0 unspecified atom stereocenters. The topological polar surface area (TPSA) is 122 Å². The van der Waals surface area contributed by atoms with E-state index in [4.69, 9.17) is 4.74 Å². The average molecular weight is 426 g/mol. The molecule has 0 spiro atoms. The van der Waals surface area contributed by atoms with Crippen LogP contribution in [0.4, 0.5) is 4.79 Å². The van der Waals surface area contributed by atoms with Gasteiger partial charge in [0.05, 0.1) is 10.5 Å². The smallest absolute Gasteiger partial charge is 0.338 e. The summed E-state index contributed by atoms with van der Waals surface area (Å²) >= 11 is 0. The Kier molecular flexibility index (Phi) is 7.74. The number of esters is 1. The molecule has 0 heterocycles. The molecule has 0 atom stereocenters. The highest BCUT2D eigenvalue weighted by molar-refractivity contribution is 7.89. The molecular formula is C19H27N3O6S. The van der Waals surface area contributed by atoms with Crippen molar-refractivity contribution in [1.29, 1.82) is 0 Å². The van der Waals surface area contributed by atoms with E-state index < -0.39 is 34.5 Å². The lowest BCUT2D eigenvalue weighted by Gasteiger charge is -2.22. The first-order valence-corrected chi connectivity index (χ1v) is 10.9. The van der Waals surface area contributed by atoms with Gasteiger partial charge in [-0.1, -0.05) is 25.3 Å². The fourth-order valence-electron chi connectivity index (χ4n) is 3.03. The van der Waals surface area contributed by atoms with E-state index in [1.807, 2.05) is 0 Å². The van der Waals surface area contributed by atoms with Crippen molar-refractivity contribution >= 4 is 27.9 Å². The minimum atomic E-state index is -3.72. The molecule has 1 aliphatic rings. The third-order valence-electron chi connectivity index (χ3n) is 4.74. The zero-order chi connectivity index (χ0) is 21.6. The standard InChI is InChI=1S/C19H27N3O6S/c1-13-9-10-15(29(26,27)22(2)3)11-16(13)18(24)28-12-17(23)21-19(25)20-14-7-5-4-6-8-14/h9-11,14H,4-8,12H2,1-3H3,(H2,20,21,23,25). The first-order valence-electron chi connectivity index (χ1n) is 9.42. The van der Waals surface area contributed by atoms with Gasteiger partial charge in [-0.25, -0.2) is 22.3 Å². The van der Waals surface area contributed by atoms with Crippen LogP contribution in [-0.2, 0) is 19.6 Å². The summed E-state index contributed by atoms with van der Waals surface area (Å²) in [5, 5.41) is 4.86.